The van der Waals surface area contributed by atoms with E-state index in [1.165, 1.54) is 51.4 Å². The number of aliphatic hydroxyl groups is 3. The van der Waals surface area contributed by atoms with Crippen LogP contribution in [0.25, 0.3) is 0 Å². The minimum Gasteiger partial charge on any atom is -0.462 e. The third-order valence-corrected chi connectivity index (χ3v) is 21.5. The van der Waals surface area contributed by atoms with Crippen LogP contribution in [0.3, 0.4) is 0 Å². The summed E-state index contributed by atoms with van der Waals surface area (Å²) in [6.45, 7) is 10.9. The second kappa shape index (κ2) is 62.2. The monoisotopic (exact) mass is 1440 g/mol. The summed E-state index contributed by atoms with van der Waals surface area (Å²) in [5.74, 6) is -4.15. The maximum Gasteiger partial charge on any atom is 0.362 e. The normalized spacial score (nSPS) is 18.7. The molecule has 0 aromatic rings. The minimum atomic E-state index is -6.08. The van der Waals surface area contributed by atoms with Crippen molar-refractivity contribution < 1.29 is 82.1 Å². The third-order valence-electron chi connectivity index (χ3n) is 20.1. The molecule has 20 heteroatoms. The van der Waals surface area contributed by atoms with Crippen LogP contribution in [0.2, 0.25) is 0 Å². The number of ketones is 1. The number of carbonyl (C=O) groups is 6. The number of rotatable bonds is 71. The van der Waals surface area contributed by atoms with Crippen LogP contribution >= 0.6 is 7.60 Å². The Labute approximate surface area is 608 Å². The van der Waals surface area contributed by atoms with E-state index >= 15 is 9.59 Å². The summed E-state index contributed by atoms with van der Waals surface area (Å²) in [5, 5.41) is 37.6. The van der Waals surface area contributed by atoms with Gasteiger partial charge >= 0.3 is 25.5 Å². The van der Waals surface area contributed by atoms with Gasteiger partial charge in [-0.3, -0.25) is 33.3 Å². The maximum absolute atomic E-state index is 15.9. The van der Waals surface area contributed by atoms with Gasteiger partial charge in [0.25, 0.3) is 0 Å². The van der Waals surface area contributed by atoms with E-state index in [1.807, 2.05) is 0 Å². The van der Waals surface area contributed by atoms with Crippen LogP contribution in [0.15, 0.2) is 0 Å². The number of ether oxygens (including phenoxy) is 5. The number of nitrogens with one attached hydrogen (secondary N) is 2. The van der Waals surface area contributed by atoms with Gasteiger partial charge in [0.05, 0.1) is 26.1 Å². The Hall–Kier alpha value is -3.03. The van der Waals surface area contributed by atoms with Crippen molar-refractivity contribution in [2.45, 2.75) is 455 Å². The number of hydrogen-bond acceptors (Lipinski definition) is 15. The van der Waals surface area contributed by atoms with Gasteiger partial charge in [-0.25, -0.2) is 0 Å². The lowest BCUT2D eigenvalue weighted by Gasteiger charge is -2.54. The van der Waals surface area contributed by atoms with Gasteiger partial charge in [-0.05, 0) is 57.8 Å². The SMILES string of the molecule is CCCCCCCCCCCC(CC(=O)NCCO[C@H]1O[C@H](CO)[C@](O)(P(=O)(O)O)[C@H](O)[C@@]1(NC(=O)CC(CCCCCCCCCCC)OC(=O)CCCCCCCCC)C(=O)CC(CCCCCCCCCCC)OC(=O)CCCCCCCCC)OC(=O)CCCCCCCCC. The van der Waals surface area contributed by atoms with Crippen molar-refractivity contribution in [1.82, 2.24) is 10.6 Å². The van der Waals surface area contributed by atoms with E-state index < -0.39 is 111 Å². The summed E-state index contributed by atoms with van der Waals surface area (Å²) < 4.78 is 44.3. The molecule has 0 aromatic carbocycles. The first-order chi connectivity index (χ1) is 48.3. The quantitative estimate of drug-likeness (QED) is 0.0129. The molecule has 0 aromatic heterocycles. The van der Waals surface area contributed by atoms with Crippen LogP contribution < -0.4 is 10.6 Å². The highest BCUT2D eigenvalue weighted by molar-refractivity contribution is 7.53. The second-order valence-electron chi connectivity index (χ2n) is 29.3. The molecule has 0 aliphatic carbocycles. The van der Waals surface area contributed by atoms with Gasteiger partial charge in [0.15, 0.2) is 17.6 Å². The van der Waals surface area contributed by atoms with E-state index in [1.54, 1.807) is 0 Å². The Morgan fingerprint density at radius 1 is 0.420 bits per heavy atom. The molecular formula is C80H151N2O17P. The summed E-state index contributed by atoms with van der Waals surface area (Å²) in [4.78, 5) is 108. The Morgan fingerprint density at radius 3 is 1.00 bits per heavy atom. The molecule has 7 N–H and O–H groups in total. The van der Waals surface area contributed by atoms with Gasteiger partial charge < -0.3 is 59.4 Å². The van der Waals surface area contributed by atoms with Gasteiger partial charge in [0.1, 0.15) is 30.5 Å². The van der Waals surface area contributed by atoms with E-state index in [0.29, 0.717) is 38.5 Å². The number of aliphatic hydroxyl groups excluding tert-OH is 2. The zero-order valence-electron chi connectivity index (χ0n) is 64.5. The fourth-order valence-corrected chi connectivity index (χ4v) is 14.8. The van der Waals surface area contributed by atoms with E-state index in [0.717, 1.165) is 225 Å². The molecule has 2 amide bonds. The van der Waals surface area contributed by atoms with Crippen molar-refractivity contribution in [3.63, 3.8) is 0 Å². The predicted octanol–water partition coefficient (Wildman–Crippen LogP) is 18.6. The average Bonchev–Trinajstić information content (AvgIpc) is 0.709. The molecule has 19 nitrogen and oxygen atoms in total. The first kappa shape index (κ1) is 95.0. The van der Waals surface area contributed by atoms with Crippen molar-refractivity contribution >= 4 is 43.1 Å². The number of hydrogen-bond donors (Lipinski definition) is 7. The molecule has 588 valence electrons. The van der Waals surface area contributed by atoms with E-state index in [-0.39, 0.29) is 51.0 Å². The van der Waals surface area contributed by atoms with Crippen LogP contribution in [-0.4, -0.2) is 128 Å². The van der Waals surface area contributed by atoms with Crippen LogP contribution in [0.5, 0.6) is 0 Å². The van der Waals surface area contributed by atoms with Crippen LogP contribution in [-0.2, 0) is 57.0 Å². The summed E-state index contributed by atoms with van der Waals surface area (Å²) in [6.07, 6.45) is 37.4. The van der Waals surface area contributed by atoms with Crippen LogP contribution in [0, 0.1) is 0 Å². The minimum absolute atomic E-state index is 0.0527. The highest BCUT2D eigenvalue weighted by Gasteiger charge is 2.73. The zero-order chi connectivity index (χ0) is 73.8. The zero-order valence-corrected chi connectivity index (χ0v) is 65.4. The fourth-order valence-electron chi connectivity index (χ4n) is 13.7. The molecule has 1 aliphatic heterocycles. The van der Waals surface area contributed by atoms with Crippen molar-refractivity contribution in [2.24, 2.45) is 0 Å². The van der Waals surface area contributed by atoms with Crippen molar-refractivity contribution in [1.29, 1.82) is 0 Å². The summed E-state index contributed by atoms with van der Waals surface area (Å²) >= 11 is 0. The lowest BCUT2D eigenvalue weighted by molar-refractivity contribution is -0.305. The van der Waals surface area contributed by atoms with Crippen LogP contribution in [0.1, 0.15) is 408 Å². The predicted molar refractivity (Wildman–Crippen MR) is 400 cm³/mol. The number of amides is 2. The Kier molecular flexibility index (Phi) is 59.1. The fraction of sp³-hybridized carbons (Fsp3) is 0.925. The van der Waals surface area contributed by atoms with Gasteiger partial charge in [-0.2, -0.15) is 0 Å². The Morgan fingerprint density at radius 2 is 0.700 bits per heavy atom. The van der Waals surface area contributed by atoms with Gasteiger partial charge in [-0.15, -0.1) is 0 Å². The third kappa shape index (κ3) is 44.1. The average molecular weight is 1440 g/mol. The van der Waals surface area contributed by atoms with Crippen LogP contribution in [0.4, 0.5) is 0 Å². The molecular weight excluding hydrogens is 1290 g/mol. The standard InChI is InChI=1S/C80H151N2O17P/c1-7-13-19-25-31-34-40-43-49-55-67(96-74(87)58-52-46-37-28-22-16-10-4)63-70(84)79(82-73(86)65-69(57-51-45-42-36-33-27-21-15-9-3)98-76(89)60-54-48-39-30-24-18-12-6)77(90)80(91,100(92,93)94)71(66-83)99-78(79)95-62-61-81-72(85)64-68(56-50-44-41-35-32-26-20-14-8-2)97-75(88)59-53-47-38-29-23-17-11-5/h67-69,71,77-78,83,90-91H,7-66H2,1-6H3,(H,81,85)(H,82,86)(H2,92,93,94)/t67?,68?,69?,71-,77-,78+,79+,80+/m1/s1. The molecule has 1 rings (SSSR count). The van der Waals surface area contributed by atoms with Gasteiger partial charge in [-0.1, -0.05) is 311 Å². The number of carbonyl (C=O) groups excluding carboxylic acids is 6. The Bertz CT molecular complexity index is 2100. The molecule has 1 heterocycles. The first-order valence-corrected chi connectivity index (χ1v) is 43.0. The van der Waals surface area contributed by atoms with Gasteiger partial charge in [0, 0.05) is 32.2 Å². The van der Waals surface area contributed by atoms with Gasteiger partial charge in [0.2, 0.25) is 17.2 Å². The van der Waals surface area contributed by atoms with E-state index in [9.17, 15) is 48.8 Å². The topological polar surface area (TPSA) is 291 Å². The number of unbranched alkanes of at least 4 members (excludes halogenated alkanes) is 42. The molecule has 100 heavy (non-hydrogen) atoms. The number of Topliss-reactive ketones (excluding diaryl/α,β-unsaturated/α-hetero) is 1. The highest BCUT2D eigenvalue weighted by atomic mass is 31.2. The maximum atomic E-state index is 15.9. The smallest absolute Gasteiger partial charge is 0.362 e. The molecule has 1 saturated heterocycles. The molecule has 3 unspecified atom stereocenters. The molecule has 0 bridgehead atoms. The molecule has 0 spiro atoms. The summed E-state index contributed by atoms with van der Waals surface area (Å²) in [7, 11) is -6.08. The van der Waals surface area contributed by atoms with Crippen molar-refractivity contribution in [3.8, 4) is 0 Å². The van der Waals surface area contributed by atoms with E-state index in [4.69, 9.17) is 23.7 Å². The lowest BCUT2D eigenvalue weighted by atomic mass is 9.77. The molecule has 0 saturated carbocycles. The molecule has 1 fully saturated rings. The Balaban J connectivity index is 3.91. The summed E-state index contributed by atoms with van der Waals surface area (Å²) in [5.41, 5.74) is -3.11. The van der Waals surface area contributed by atoms with Crippen molar-refractivity contribution in [3.05, 3.63) is 0 Å². The van der Waals surface area contributed by atoms with E-state index in [2.05, 4.69) is 52.2 Å². The molecule has 8 atom stereocenters. The molecule has 0 radical (unpaired) electrons. The molecule has 1 aliphatic rings. The summed E-state index contributed by atoms with van der Waals surface area (Å²) in [6, 6.07) is 0. The van der Waals surface area contributed by atoms with Crippen molar-refractivity contribution in [2.75, 3.05) is 19.8 Å². The number of esters is 3. The largest absolute Gasteiger partial charge is 0.462 e. The first-order valence-electron chi connectivity index (χ1n) is 41.4. The second-order valence-corrected chi connectivity index (χ2v) is 31.1. The lowest BCUT2D eigenvalue weighted by Crippen LogP contribution is -2.81. The highest BCUT2D eigenvalue weighted by Crippen LogP contribution is 2.58.